The van der Waals surface area contributed by atoms with Crippen molar-refractivity contribution in [2.45, 2.75) is 50.6 Å². The van der Waals surface area contributed by atoms with Gasteiger partial charge in [0.05, 0.1) is 35.8 Å². The Kier molecular flexibility index (Phi) is 7.62. The molecule has 1 aromatic carbocycles. The molecule has 1 aliphatic carbocycles. The lowest BCUT2D eigenvalue weighted by Crippen LogP contribution is -2.43. The third-order valence-electron chi connectivity index (χ3n) is 8.49. The van der Waals surface area contributed by atoms with Gasteiger partial charge < -0.3 is 4.74 Å². The Hall–Kier alpha value is -3.25. The maximum absolute atomic E-state index is 13.4. The Labute approximate surface area is 236 Å². The van der Waals surface area contributed by atoms with Crippen LogP contribution in [0.3, 0.4) is 0 Å². The molecule has 218 valence electrons. The summed E-state index contributed by atoms with van der Waals surface area (Å²) in [4.78, 5) is 8.73. The number of halogens is 3. The first-order chi connectivity index (χ1) is 19.7. The molecule has 41 heavy (non-hydrogen) atoms. The van der Waals surface area contributed by atoms with Gasteiger partial charge in [-0.2, -0.15) is 18.3 Å². The summed E-state index contributed by atoms with van der Waals surface area (Å²) in [6, 6.07) is 6.57. The average molecular weight is 588 g/mol. The maximum atomic E-state index is 13.4. The molecule has 12 heteroatoms. The van der Waals surface area contributed by atoms with Crippen molar-refractivity contribution in [2.75, 3.05) is 25.4 Å². The molecule has 8 nitrogen and oxygen atoms in total. The van der Waals surface area contributed by atoms with E-state index >= 15 is 0 Å². The van der Waals surface area contributed by atoms with Gasteiger partial charge in [-0.05, 0) is 86.3 Å². The lowest BCUT2D eigenvalue weighted by Gasteiger charge is -2.34. The molecule has 1 aliphatic heterocycles. The number of pyridine rings is 1. The molecule has 1 atom stereocenters. The largest absolute Gasteiger partial charge is 0.493 e. The molecule has 2 fully saturated rings. The summed E-state index contributed by atoms with van der Waals surface area (Å²) in [7, 11) is -3.44. The summed E-state index contributed by atoms with van der Waals surface area (Å²) in [5.74, 6) is 0.858. The normalized spacial score (nSPS) is 22.8. The van der Waals surface area contributed by atoms with Crippen LogP contribution in [0.15, 0.2) is 48.9 Å². The second-order valence-electron chi connectivity index (χ2n) is 11.2. The van der Waals surface area contributed by atoms with Gasteiger partial charge in [-0.15, -0.1) is 0 Å². The minimum absolute atomic E-state index is 0.00998. The van der Waals surface area contributed by atoms with Gasteiger partial charge in [0, 0.05) is 36.0 Å². The highest BCUT2D eigenvalue weighted by Crippen LogP contribution is 2.40. The van der Waals surface area contributed by atoms with Gasteiger partial charge in [0.2, 0.25) is 10.0 Å². The van der Waals surface area contributed by atoms with Crippen molar-refractivity contribution in [3.05, 3.63) is 60.0 Å². The van der Waals surface area contributed by atoms with Crippen LogP contribution < -0.4 is 4.74 Å². The number of aromatic nitrogens is 4. The molecule has 0 spiro atoms. The first kappa shape index (κ1) is 27.9. The van der Waals surface area contributed by atoms with E-state index in [1.54, 1.807) is 16.7 Å². The van der Waals surface area contributed by atoms with Gasteiger partial charge in [0.1, 0.15) is 5.75 Å². The highest BCUT2D eigenvalue weighted by molar-refractivity contribution is 7.89. The quantitative estimate of drug-likeness (QED) is 0.288. The summed E-state index contributed by atoms with van der Waals surface area (Å²) < 4.78 is 72.5. The van der Waals surface area contributed by atoms with E-state index in [4.69, 9.17) is 4.74 Å². The van der Waals surface area contributed by atoms with Crippen molar-refractivity contribution < 1.29 is 26.3 Å². The molecule has 4 heterocycles. The number of hydrogen-bond acceptors (Lipinski definition) is 6. The predicted octanol–water partition coefficient (Wildman–Crippen LogP) is 5.92. The smallest absolute Gasteiger partial charge is 0.416 e. The number of nitrogens with one attached hydrogen (secondary N) is 1. The zero-order chi connectivity index (χ0) is 28.6. The summed E-state index contributed by atoms with van der Waals surface area (Å²) >= 11 is 0. The fourth-order valence-electron chi connectivity index (χ4n) is 6.31. The molecular formula is C29H32F3N5O3S. The van der Waals surface area contributed by atoms with E-state index in [1.165, 1.54) is 12.1 Å². The van der Waals surface area contributed by atoms with Crippen molar-refractivity contribution in [1.29, 1.82) is 0 Å². The first-order valence-corrected chi connectivity index (χ1v) is 15.6. The fourth-order valence-corrected chi connectivity index (χ4v) is 8.30. The average Bonchev–Trinajstić information content (AvgIpc) is 3.45. The second-order valence-corrected chi connectivity index (χ2v) is 13.3. The number of rotatable bonds is 7. The molecule has 1 saturated heterocycles. The maximum Gasteiger partial charge on any atom is 0.416 e. The molecule has 0 radical (unpaired) electrons. The standard InChI is InChI=1S/C29H32F3N5O3S/c30-29(31,32)22-7-9-23(10-8-22)40-17-20-2-1-13-37(16-20)41(38,39)18-19-3-5-21(6-4-19)25-14-35-36-26-15-34-28-24(27(25)26)11-12-33-28/h7-12,14-15,19-21,36H,1-6,13,16-18H2. The van der Waals surface area contributed by atoms with Gasteiger partial charge in [0.15, 0.2) is 5.65 Å². The minimum Gasteiger partial charge on any atom is -0.493 e. The van der Waals surface area contributed by atoms with E-state index in [-0.39, 0.29) is 24.2 Å². The van der Waals surface area contributed by atoms with Gasteiger partial charge >= 0.3 is 6.18 Å². The summed E-state index contributed by atoms with van der Waals surface area (Å²) in [5, 5.41) is 9.47. The van der Waals surface area contributed by atoms with Gasteiger partial charge in [-0.3, -0.25) is 5.10 Å². The van der Waals surface area contributed by atoms with Crippen LogP contribution >= 0.6 is 0 Å². The van der Waals surface area contributed by atoms with Crippen LogP contribution in [-0.2, 0) is 16.2 Å². The molecular weight excluding hydrogens is 555 g/mol. The molecule has 2 aliphatic rings. The van der Waals surface area contributed by atoms with E-state index in [0.29, 0.717) is 30.4 Å². The van der Waals surface area contributed by atoms with Gasteiger partial charge in [-0.25, -0.2) is 22.7 Å². The number of alkyl halides is 3. The monoisotopic (exact) mass is 587 g/mol. The summed E-state index contributed by atoms with van der Waals surface area (Å²) in [5.41, 5.74) is 2.01. The Morgan fingerprint density at radius 3 is 2.51 bits per heavy atom. The lowest BCUT2D eigenvalue weighted by molar-refractivity contribution is -0.137. The van der Waals surface area contributed by atoms with Crippen LogP contribution in [0, 0.1) is 11.8 Å². The Bertz CT molecular complexity index is 1620. The second kappa shape index (κ2) is 11.2. The number of nitrogens with zero attached hydrogens (tertiary/aromatic N) is 4. The van der Waals surface area contributed by atoms with E-state index in [2.05, 4.69) is 20.2 Å². The van der Waals surface area contributed by atoms with E-state index < -0.39 is 21.8 Å². The number of hydrogen-bond donors (Lipinski definition) is 1. The Morgan fingerprint density at radius 1 is 0.976 bits per heavy atom. The van der Waals surface area contributed by atoms with Crippen LogP contribution in [0.5, 0.6) is 5.75 Å². The number of H-pyrrole nitrogens is 1. The molecule has 6 rings (SSSR count). The molecule has 3 aromatic heterocycles. The number of benzene rings is 1. The first-order valence-electron chi connectivity index (χ1n) is 14.0. The third-order valence-corrected chi connectivity index (χ3v) is 10.5. The van der Waals surface area contributed by atoms with E-state index in [9.17, 15) is 21.6 Å². The SMILES string of the molecule is O=S(=O)(CC1CCC(c2cn[nH]c3cnc4nccc4c23)CC1)N1CCCC(COc2ccc(C(F)(F)F)cc2)C1. The number of sulfonamides is 1. The highest BCUT2D eigenvalue weighted by atomic mass is 32.2. The van der Waals surface area contributed by atoms with Crippen molar-refractivity contribution in [1.82, 2.24) is 24.5 Å². The van der Waals surface area contributed by atoms with Gasteiger partial charge in [-0.1, -0.05) is 0 Å². The highest BCUT2D eigenvalue weighted by Gasteiger charge is 2.34. The van der Waals surface area contributed by atoms with Crippen molar-refractivity contribution in [3.63, 3.8) is 0 Å². The van der Waals surface area contributed by atoms with Crippen LogP contribution in [-0.4, -0.2) is 58.3 Å². The van der Waals surface area contributed by atoms with Crippen molar-refractivity contribution in [2.24, 2.45) is 11.8 Å². The van der Waals surface area contributed by atoms with E-state index in [0.717, 1.165) is 72.5 Å². The number of piperidine rings is 1. The van der Waals surface area contributed by atoms with E-state index in [1.807, 2.05) is 12.3 Å². The minimum atomic E-state index is -4.40. The molecule has 4 aromatic rings. The fraction of sp³-hybridized carbons (Fsp3) is 0.483. The molecule has 0 amide bonds. The lowest BCUT2D eigenvalue weighted by atomic mass is 9.79. The van der Waals surface area contributed by atoms with Crippen LogP contribution in [0.2, 0.25) is 0 Å². The number of ether oxygens (including phenoxy) is 1. The van der Waals surface area contributed by atoms with Crippen LogP contribution in [0.4, 0.5) is 13.2 Å². The zero-order valence-electron chi connectivity index (χ0n) is 22.5. The molecule has 0 bridgehead atoms. The van der Waals surface area contributed by atoms with Gasteiger partial charge in [0.25, 0.3) is 0 Å². The summed E-state index contributed by atoms with van der Waals surface area (Å²) in [6.45, 7) is 1.12. The Balaban J connectivity index is 1.04. The Morgan fingerprint density at radius 2 is 1.76 bits per heavy atom. The topological polar surface area (TPSA) is 101 Å². The molecule has 1 unspecified atom stereocenters. The number of aromatic amines is 1. The third kappa shape index (κ3) is 6.04. The van der Waals surface area contributed by atoms with Crippen LogP contribution in [0.25, 0.3) is 21.9 Å². The molecule has 1 N–H and O–H groups in total. The zero-order valence-corrected chi connectivity index (χ0v) is 23.3. The van der Waals surface area contributed by atoms with Crippen LogP contribution in [0.1, 0.15) is 55.6 Å². The molecule has 1 saturated carbocycles. The number of fused-ring (bicyclic) bond motifs is 3. The summed E-state index contributed by atoms with van der Waals surface area (Å²) in [6.07, 6.45) is 6.00. The predicted molar refractivity (Wildman–Crippen MR) is 149 cm³/mol. The van der Waals surface area contributed by atoms with Crippen molar-refractivity contribution >= 4 is 32.0 Å². The van der Waals surface area contributed by atoms with Crippen molar-refractivity contribution in [3.8, 4) is 5.75 Å².